The van der Waals surface area contributed by atoms with Crippen LogP contribution in [0, 0.1) is 5.82 Å². The highest BCUT2D eigenvalue weighted by atomic mass is 19.1. The van der Waals surface area contributed by atoms with E-state index in [1.807, 2.05) is 0 Å². The summed E-state index contributed by atoms with van der Waals surface area (Å²) in [4.78, 5) is 14.0. The lowest BCUT2D eigenvalue weighted by Gasteiger charge is -2.35. The number of rotatable bonds is 3. The zero-order valence-electron chi connectivity index (χ0n) is 11.3. The van der Waals surface area contributed by atoms with Gasteiger partial charge in [0.25, 0.3) is 0 Å². The molecule has 2 rings (SSSR count). The van der Waals surface area contributed by atoms with E-state index in [-0.39, 0.29) is 11.7 Å². The highest BCUT2D eigenvalue weighted by molar-refractivity contribution is 5.92. The van der Waals surface area contributed by atoms with E-state index in [2.05, 4.69) is 29.4 Å². The Labute approximate surface area is 113 Å². The third-order valence-corrected chi connectivity index (χ3v) is 3.13. The molecule has 1 heterocycles. The van der Waals surface area contributed by atoms with Crippen LogP contribution in [0.3, 0.4) is 0 Å². The number of carbonyl (C=O) groups excluding carboxylic acids is 1. The number of hydrogen-bond acceptors (Lipinski definition) is 3. The van der Waals surface area contributed by atoms with Crippen molar-refractivity contribution >= 4 is 11.6 Å². The highest BCUT2D eigenvalue weighted by Crippen LogP contribution is 2.09. The van der Waals surface area contributed by atoms with Crippen LogP contribution in [0.4, 0.5) is 10.1 Å². The summed E-state index contributed by atoms with van der Waals surface area (Å²) in [7, 11) is 0. The standard InChI is InChI=1S/C14H20FN3O/c1-10-7-18(8-11(2)16-10)9-14(19)17-13-5-3-12(15)4-6-13/h3-6,10-11,16H,7-9H2,1-2H3,(H,17,19). The van der Waals surface area contributed by atoms with E-state index >= 15 is 0 Å². The molecule has 4 nitrogen and oxygen atoms in total. The third kappa shape index (κ3) is 4.29. The Morgan fingerprint density at radius 1 is 1.32 bits per heavy atom. The predicted molar refractivity (Wildman–Crippen MR) is 73.5 cm³/mol. The first-order chi connectivity index (χ1) is 9.02. The monoisotopic (exact) mass is 265 g/mol. The van der Waals surface area contributed by atoms with Crippen LogP contribution in [0.1, 0.15) is 13.8 Å². The van der Waals surface area contributed by atoms with Crippen LogP contribution < -0.4 is 10.6 Å². The fraction of sp³-hybridized carbons (Fsp3) is 0.500. The summed E-state index contributed by atoms with van der Waals surface area (Å²) in [5, 5.41) is 6.20. The fourth-order valence-corrected chi connectivity index (χ4v) is 2.51. The minimum Gasteiger partial charge on any atom is -0.325 e. The van der Waals surface area contributed by atoms with E-state index in [1.54, 1.807) is 12.1 Å². The number of nitrogens with zero attached hydrogens (tertiary/aromatic N) is 1. The van der Waals surface area contributed by atoms with Crippen molar-refractivity contribution in [3.8, 4) is 0 Å². The van der Waals surface area contributed by atoms with E-state index in [0.717, 1.165) is 13.1 Å². The van der Waals surface area contributed by atoms with Gasteiger partial charge in [0, 0.05) is 30.9 Å². The number of nitrogens with one attached hydrogen (secondary N) is 2. The normalized spacial score (nSPS) is 24.2. The van der Waals surface area contributed by atoms with Crippen molar-refractivity contribution in [2.24, 2.45) is 0 Å². The van der Waals surface area contributed by atoms with Gasteiger partial charge in [0.15, 0.2) is 0 Å². The number of hydrogen-bond donors (Lipinski definition) is 2. The van der Waals surface area contributed by atoms with E-state index in [4.69, 9.17) is 0 Å². The van der Waals surface area contributed by atoms with Crippen LogP contribution in [0.2, 0.25) is 0 Å². The van der Waals surface area contributed by atoms with Gasteiger partial charge in [0.2, 0.25) is 5.91 Å². The van der Waals surface area contributed by atoms with Crippen LogP contribution >= 0.6 is 0 Å². The zero-order chi connectivity index (χ0) is 13.8. The highest BCUT2D eigenvalue weighted by Gasteiger charge is 2.22. The lowest BCUT2D eigenvalue weighted by Crippen LogP contribution is -2.55. The molecule has 0 bridgehead atoms. The lowest BCUT2D eigenvalue weighted by atomic mass is 10.1. The molecule has 1 fully saturated rings. The molecule has 5 heteroatoms. The summed E-state index contributed by atoms with van der Waals surface area (Å²) in [6.07, 6.45) is 0. The average Bonchev–Trinajstić information content (AvgIpc) is 2.30. The summed E-state index contributed by atoms with van der Waals surface area (Å²) < 4.78 is 12.8. The number of carbonyl (C=O) groups is 1. The first-order valence-corrected chi connectivity index (χ1v) is 6.57. The average molecular weight is 265 g/mol. The summed E-state index contributed by atoms with van der Waals surface area (Å²) >= 11 is 0. The van der Waals surface area contributed by atoms with Crippen molar-refractivity contribution in [3.63, 3.8) is 0 Å². The van der Waals surface area contributed by atoms with Crippen molar-refractivity contribution in [1.82, 2.24) is 10.2 Å². The number of anilines is 1. The quantitative estimate of drug-likeness (QED) is 0.869. The largest absolute Gasteiger partial charge is 0.325 e. The van der Waals surface area contributed by atoms with Crippen LogP contribution in [0.15, 0.2) is 24.3 Å². The Morgan fingerprint density at radius 2 is 1.89 bits per heavy atom. The molecule has 1 amide bonds. The molecule has 0 aromatic heterocycles. The van der Waals surface area contributed by atoms with Gasteiger partial charge in [-0.2, -0.15) is 0 Å². The van der Waals surface area contributed by atoms with Gasteiger partial charge < -0.3 is 10.6 Å². The number of benzene rings is 1. The molecule has 0 radical (unpaired) electrons. The van der Waals surface area contributed by atoms with Crippen molar-refractivity contribution < 1.29 is 9.18 Å². The molecule has 2 atom stereocenters. The molecular formula is C14H20FN3O. The van der Waals surface area contributed by atoms with Gasteiger partial charge in [-0.05, 0) is 38.1 Å². The van der Waals surface area contributed by atoms with Crippen LogP contribution in [0.25, 0.3) is 0 Å². The van der Waals surface area contributed by atoms with Gasteiger partial charge in [-0.1, -0.05) is 0 Å². The van der Waals surface area contributed by atoms with Gasteiger partial charge in [0.05, 0.1) is 6.54 Å². The molecule has 1 saturated heterocycles. The number of halogens is 1. The SMILES string of the molecule is CC1CN(CC(=O)Nc2ccc(F)cc2)CC(C)N1. The van der Waals surface area contributed by atoms with Crippen LogP contribution in [-0.2, 0) is 4.79 Å². The molecule has 1 aliphatic rings. The van der Waals surface area contributed by atoms with Crippen LogP contribution in [-0.4, -0.2) is 42.5 Å². The molecule has 0 spiro atoms. The zero-order valence-corrected chi connectivity index (χ0v) is 11.3. The minimum atomic E-state index is -0.303. The molecule has 1 aliphatic heterocycles. The Hall–Kier alpha value is -1.46. The molecule has 2 unspecified atom stereocenters. The fourth-order valence-electron chi connectivity index (χ4n) is 2.51. The minimum absolute atomic E-state index is 0.0621. The molecular weight excluding hydrogens is 245 g/mol. The molecule has 104 valence electrons. The Morgan fingerprint density at radius 3 is 2.47 bits per heavy atom. The van der Waals surface area contributed by atoms with Gasteiger partial charge in [-0.3, -0.25) is 9.69 Å². The third-order valence-electron chi connectivity index (χ3n) is 3.13. The second-order valence-corrected chi connectivity index (χ2v) is 5.22. The second kappa shape index (κ2) is 6.12. The van der Waals surface area contributed by atoms with Crippen molar-refractivity contribution in [3.05, 3.63) is 30.1 Å². The maximum absolute atomic E-state index is 12.8. The first kappa shape index (κ1) is 14.0. The lowest BCUT2D eigenvalue weighted by molar-refractivity contribution is -0.117. The predicted octanol–water partition coefficient (Wildman–Crippen LogP) is 1.45. The van der Waals surface area contributed by atoms with E-state index in [1.165, 1.54) is 12.1 Å². The molecule has 1 aromatic rings. The molecule has 0 aliphatic carbocycles. The second-order valence-electron chi connectivity index (χ2n) is 5.22. The smallest absolute Gasteiger partial charge is 0.238 e. The maximum Gasteiger partial charge on any atom is 0.238 e. The van der Waals surface area contributed by atoms with Crippen molar-refractivity contribution in [2.75, 3.05) is 25.0 Å². The Kier molecular flexibility index (Phi) is 4.50. The van der Waals surface area contributed by atoms with E-state index < -0.39 is 0 Å². The molecule has 0 saturated carbocycles. The Balaban J connectivity index is 1.85. The van der Waals surface area contributed by atoms with Gasteiger partial charge >= 0.3 is 0 Å². The van der Waals surface area contributed by atoms with Gasteiger partial charge in [-0.15, -0.1) is 0 Å². The topological polar surface area (TPSA) is 44.4 Å². The number of piperazine rings is 1. The first-order valence-electron chi connectivity index (χ1n) is 6.57. The molecule has 19 heavy (non-hydrogen) atoms. The van der Waals surface area contributed by atoms with Crippen molar-refractivity contribution in [2.45, 2.75) is 25.9 Å². The number of amides is 1. The summed E-state index contributed by atoms with van der Waals surface area (Å²) in [5.41, 5.74) is 0.627. The molecule has 2 N–H and O–H groups in total. The molecule has 1 aromatic carbocycles. The van der Waals surface area contributed by atoms with E-state index in [9.17, 15) is 9.18 Å². The summed E-state index contributed by atoms with van der Waals surface area (Å²) in [6, 6.07) is 6.59. The van der Waals surface area contributed by atoms with Crippen molar-refractivity contribution in [1.29, 1.82) is 0 Å². The van der Waals surface area contributed by atoms with Gasteiger partial charge in [0.1, 0.15) is 5.82 Å². The summed E-state index contributed by atoms with van der Waals surface area (Å²) in [5.74, 6) is -0.365. The van der Waals surface area contributed by atoms with E-state index in [0.29, 0.717) is 24.3 Å². The van der Waals surface area contributed by atoms with Crippen LogP contribution in [0.5, 0.6) is 0 Å². The Bertz CT molecular complexity index is 425. The summed E-state index contributed by atoms with van der Waals surface area (Å²) in [6.45, 7) is 6.32. The maximum atomic E-state index is 12.8. The van der Waals surface area contributed by atoms with Gasteiger partial charge in [-0.25, -0.2) is 4.39 Å².